The number of carbonyl (C=O) groups is 1. The SMILES string of the molecule is COc1ccc(/C=C/C(C)=N/OCC(=O)NN)cc1. The van der Waals surface area contributed by atoms with E-state index in [4.69, 9.17) is 15.4 Å². The molecule has 0 fully saturated rings. The summed E-state index contributed by atoms with van der Waals surface area (Å²) in [5.74, 6) is 5.26. The highest BCUT2D eigenvalue weighted by molar-refractivity contribution is 5.96. The fraction of sp³-hybridized carbons (Fsp3) is 0.231. The quantitative estimate of drug-likeness (QED) is 0.348. The van der Waals surface area contributed by atoms with Crippen molar-refractivity contribution in [2.75, 3.05) is 13.7 Å². The lowest BCUT2D eigenvalue weighted by atomic mass is 10.2. The molecule has 0 unspecified atom stereocenters. The minimum atomic E-state index is -0.435. The van der Waals surface area contributed by atoms with E-state index >= 15 is 0 Å². The molecule has 0 saturated heterocycles. The summed E-state index contributed by atoms with van der Waals surface area (Å²) in [5.41, 5.74) is 3.59. The lowest BCUT2D eigenvalue weighted by Gasteiger charge is -1.99. The molecule has 1 amide bonds. The second-order valence-corrected chi connectivity index (χ2v) is 3.68. The first kappa shape index (κ1) is 14.7. The number of allylic oxidation sites excluding steroid dienone is 1. The van der Waals surface area contributed by atoms with E-state index < -0.39 is 5.91 Å². The maximum absolute atomic E-state index is 10.8. The Kier molecular flexibility index (Phi) is 6.11. The summed E-state index contributed by atoms with van der Waals surface area (Å²) in [6, 6.07) is 7.58. The van der Waals surface area contributed by atoms with Crippen LogP contribution in [0.15, 0.2) is 35.5 Å². The molecule has 0 bridgehead atoms. The molecule has 0 spiro atoms. The number of benzene rings is 1. The summed E-state index contributed by atoms with van der Waals surface area (Å²) in [6.45, 7) is 1.56. The second kappa shape index (κ2) is 7.88. The van der Waals surface area contributed by atoms with Crippen LogP contribution in [0.25, 0.3) is 6.08 Å². The summed E-state index contributed by atoms with van der Waals surface area (Å²) in [4.78, 5) is 15.6. The molecule has 0 aromatic heterocycles. The van der Waals surface area contributed by atoms with Crippen LogP contribution in [0.5, 0.6) is 5.75 Å². The number of nitrogens with two attached hydrogens (primary N) is 1. The van der Waals surface area contributed by atoms with Gasteiger partial charge in [0.1, 0.15) is 5.75 Å². The molecule has 1 aromatic rings. The van der Waals surface area contributed by atoms with Crippen molar-refractivity contribution in [1.82, 2.24) is 5.43 Å². The molecular formula is C13H17N3O3. The molecule has 0 aliphatic heterocycles. The van der Waals surface area contributed by atoms with E-state index in [1.54, 1.807) is 20.1 Å². The smallest absolute Gasteiger partial charge is 0.274 e. The molecule has 0 heterocycles. The van der Waals surface area contributed by atoms with Crippen LogP contribution in [0.1, 0.15) is 12.5 Å². The first-order valence-electron chi connectivity index (χ1n) is 5.64. The van der Waals surface area contributed by atoms with Gasteiger partial charge in [0.05, 0.1) is 12.8 Å². The van der Waals surface area contributed by atoms with Crippen LogP contribution in [0.4, 0.5) is 0 Å². The number of rotatable bonds is 6. The Morgan fingerprint density at radius 3 is 2.68 bits per heavy atom. The second-order valence-electron chi connectivity index (χ2n) is 3.68. The molecule has 0 aliphatic carbocycles. The van der Waals surface area contributed by atoms with Gasteiger partial charge in [-0.15, -0.1) is 0 Å². The molecule has 6 nitrogen and oxygen atoms in total. The van der Waals surface area contributed by atoms with E-state index in [9.17, 15) is 4.79 Å². The van der Waals surface area contributed by atoms with Gasteiger partial charge in [0.2, 0.25) is 0 Å². The number of nitrogens with zero attached hydrogens (tertiary/aromatic N) is 1. The Hall–Kier alpha value is -2.34. The lowest BCUT2D eigenvalue weighted by Crippen LogP contribution is -2.32. The Balaban J connectivity index is 2.49. The maximum atomic E-state index is 10.8. The van der Waals surface area contributed by atoms with Crippen molar-refractivity contribution in [2.24, 2.45) is 11.0 Å². The molecule has 1 aromatic carbocycles. The van der Waals surface area contributed by atoms with Crippen LogP contribution >= 0.6 is 0 Å². The molecule has 0 aliphatic rings. The Bertz CT molecular complexity index is 467. The average Bonchev–Trinajstić information content (AvgIpc) is 2.45. The number of hydrogen-bond donors (Lipinski definition) is 2. The third-order valence-corrected chi connectivity index (χ3v) is 2.20. The normalized spacial score (nSPS) is 11.4. The first-order chi connectivity index (χ1) is 9.15. The summed E-state index contributed by atoms with van der Waals surface area (Å²) in [5, 5.41) is 3.75. The third-order valence-electron chi connectivity index (χ3n) is 2.20. The highest BCUT2D eigenvalue weighted by Crippen LogP contribution is 2.12. The maximum Gasteiger partial charge on any atom is 0.274 e. The van der Waals surface area contributed by atoms with E-state index in [1.165, 1.54) is 0 Å². The fourth-order valence-electron chi connectivity index (χ4n) is 1.20. The highest BCUT2D eigenvalue weighted by atomic mass is 16.6. The minimum Gasteiger partial charge on any atom is -0.497 e. The Morgan fingerprint density at radius 2 is 2.11 bits per heavy atom. The number of oxime groups is 1. The highest BCUT2D eigenvalue weighted by Gasteiger charge is 1.96. The molecule has 1 rings (SSSR count). The van der Waals surface area contributed by atoms with Crippen molar-refractivity contribution in [2.45, 2.75) is 6.92 Å². The molecular weight excluding hydrogens is 246 g/mol. The molecule has 3 N–H and O–H groups in total. The average molecular weight is 263 g/mol. The van der Waals surface area contributed by atoms with Gasteiger partial charge in [-0.05, 0) is 30.7 Å². The summed E-state index contributed by atoms with van der Waals surface area (Å²) in [6.07, 6.45) is 3.66. The van der Waals surface area contributed by atoms with Crippen LogP contribution in [0, 0.1) is 0 Å². The number of methoxy groups -OCH3 is 1. The summed E-state index contributed by atoms with van der Waals surface area (Å²) >= 11 is 0. The van der Waals surface area contributed by atoms with Gasteiger partial charge in [-0.25, -0.2) is 5.84 Å². The van der Waals surface area contributed by atoms with E-state index in [0.29, 0.717) is 5.71 Å². The summed E-state index contributed by atoms with van der Waals surface area (Å²) in [7, 11) is 1.62. The Labute approximate surface area is 111 Å². The van der Waals surface area contributed by atoms with Crippen molar-refractivity contribution < 1.29 is 14.4 Å². The zero-order chi connectivity index (χ0) is 14.1. The number of hydrogen-bond acceptors (Lipinski definition) is 5. The lowest BCUT2D eigenvalue weighted by molar-refractivity contribution is -0.125. The molecule has 19 heavy (non-hydrogen) atoms. The third kappa shape index (κ3) is 5.69. The molecule has 0 atom stereocenters. The van der Waals surface area contributed by atoms with Gasteiger partial charge in [0, 0.05) is 0 Å². The van der Waals surface area contributed by atoms with Gasteiger partial charge >= 0.3 is 0 Å². The van der Waals surface area contributed by atoms with Crippen LogP contribution in [0.3, 0.4) is 0 Å². The van der Waals surface area contributed by atoms with Crippen LogP contribution in [-0.2, 0) is 9.63 Å². The van der Waals surface area contributed by atoms with E-state index in [1.807, 2.05) is 35.8 Å². The zero-order valence-corrected chi connectivity index (χ0v) is 10.9. The standard InChI is InChI=1S/C13H17N3O3/c1-10(16-19-9-13(17)15-14)3-4-11-5-7-12(18-2)8-6-11/h3-8H,9,14H2,1-2H3,(H,15,17)/b4-3+,16-10+. The predicted molar refractivity (Wildman–Crippen MR) is 73.4 cm³/mol. The molecule has 0 saturated carbocycles. The van der Waals surface area contributed by atoms with E-state index in [-0.39, 0.29) is 6.61 Å². The number of carbonyl (C=O) groups excluding carboxylic acids is 1. The van der Waals surface area contributed by atoms with Gasteiger partial charge in [-0.3, -0.25) is 10.2 Å². The topological polar surface area (TPSA) is 85.9 Å². The molecule has 0 radical (unpaired) electrons. The van der Waals surface area contributed by atoms with Crippen molar-refractivity contribution >= 4 is 17.7 Å². The van der Waals surface area contributed by atoms with E-state index in [2.05, 4.69) is 5.16 Å². The number of nitrogens with one attached hydrogen (secondary N) is 1. The number of ether oxygens (including phenoxy) is 1. The zero-order valence-electron chi connectivity index (χ0n) is 10.9. The van der Waals surface area contributed by atoms with Crippen molar-refractivity contribution in [3.63, 3.8) is 0 Å². The fourth-order valence-corrected chi connectivity index (χ4v) is 1.20. The molecule has 6 heteroatoms. The predicted octanol–water partition coefficient (Wildman–Crippen LogP) is 1.09. The van der Waals surface area contributed by atoms with Gasteiger partial charge in [-0.1, -0.05) is 23.4 Å². The van der Waals surface area contributed by atoms with Gasteiger partial charge < -0.3 is 9.57 Å². The van der Waals surface area contributed by atoms with Crippen molar-refractivity contribution in [3.05, 3.63) is 35.9 Å². The Morgan fingerprint density at radius 1 is 1.42 bits per heavy atom. The van der Waals surface area contributed by atoms with Crippen molar-refractivity contribution in [1.29, 1.82) is 0 Å². The van der Waals surface area contributed by atoms with Crippen LogP contribution in [0.2, 0.25) is 0 Å². The first-order valence-corrected chi connectivity index (χ1v) is 5.64. The largest absolute Gasteiger partial charge is 0.497 e. The molecule has 102 valence electrons. The van der Waals surface area contributed by atoms with Crippen molar-refractivity contribution in [3.8, 4) is 5.75 Å². The summed E-state index contributed by atoms with van der Waals surface area (Å²) < 4.78 is 5.07. The van der Waals surface area contributed by atoms with Gasteiger partial charge in [0.25, 0.3) is 5.91 Å². The van der Waals surface area contributed by atoms with Crippen LogP contribution in [-0.4, -0.2) is 25.3 Å². The monoisotopic (exact) mass is 263 g/mol. The van der Waals surface area contributed by atoms with E-state index in [0.717, 1.165) is 11.3 Å². The number of hydrazine groups is 1. The minimum absolute atomic E-state index is 0.204. The van der Waals surface area contributed by atoms with Gasteiger partial charge in [-0.2, -0.15) is 0 Å². The number of amides is 1. The van der Waals surface area contributed by atoms with Gasteiger partial charge in [0.15, 0.2) is 6.61 Å². The van der Waals surface area contributed by atoms with Crippen LogP contribution < -0.4 is 16.0 Å².